The Morgan fingerprint density at radius 1 is 1.18 bits per heavy atom. The SMILES string of the molecule is NC(=O)c1cccnc1Oc1ccc(N)cc1. The Balaban J connectivity index is 2.30. The molecule has 1 aromatic carbocycles. The monoisotopic (exact) mass is 229 g/mol. The van der Waals surface area contributed by atoms with E-state index in [0.29, 0.717) is 11.4 Å². The van der Waals surface area contributed by atoms with Crippen molar-refractivity contribution in [3.63, 3.8) is 0 Å². The van der Waals surface area contributed by atoms with Gasteiger partial charge in [-0.25, -0.2) is 4.98 Å². The molecule has 0 saturated heterocycles. The van der Waals surface area contributed by atoms with Gasteiger partial charge in [-0.1, -0.05) is 0 Å². The molecule has 1 aromatic heterocycles. The third kappa shape index (κ3) is 2.52. The first-order valence-electron chi connectivity index (χ1n) is 4.95. The molecule has 17 heavy (non-hydrogen) atoms. The number of nitrogens with two attached hydrogens (primary N) is 2. The van der Waals surface area contributed by atoms with Gasteiger partial charge in [0.1, 0.15) is 11.3 Å². The standard InChI is InChI=1S/C12H11N3O2/c13-8-3-5-9(6-4-8)17-12-10(11(14)16)2-1-7-15-12/h1-7H,13H2,(H2,14,16). The summed E-state index contributed by atoms with van der Waals surface area (Å²) in [6.45, 7) is 0. The number of amides is 1. The van der Waals surface area contributed by atoms with Crippen molar-refractivity contribution >= 4 is 11.6 Å². The van der Waals surface area contributed by atoms with Crippen molar-refractivity contribution in [1.82, 2.24) is 4.98 Å². The summed E-state index contributed by atoms with van der Waals surface area (Å²) in [5.41, 5.74) is 11.6. The maximum absolute atomic E-state index is 11.1. The maximum Gasteiger partial charge on any atom is 0.254 e. The Hall–Kier alpha value is -2.56. The summed E-state index contributed by atoms with van der Waals surface area (Å²) in [5.74, 6) is 0.147. The molecule has 0 fully saturated rings. The molecule has 1 heterocycles. The van der Waals surface area contributed by atoms with Crippen LogP contribution in [-0.4, -0.2) is 10.9 Å². The number of benzene rings is 1. The highest BCUT2D eigenvalue weighted by Gasteiger charge is 2.10. The summed E-state index contributed by atoms with van der Waals surface area (Å²) in [7, 11) is 0. The number of ether oxygens (including phenoxy) is 1. The highest BCUT2D eigenvalue weighted by Crippen LogP contribution is 2.23. The van der Waals surface area contributed by atoms with Gasteiger partial charge in [0.2, 0.25) is 5.88 Å². The Morgan fingerprint density at radius 2 is 1.88 bits per heavy atom. The molecule has 4 N–H and O–H groups in total. The predicted octanol–water partition coefficient (Wildman–Crippen LogP) is 1.56. The molecule has 0 aliphatic carbocycles. The number of pyridine rings is 1. The van der Waals surface area contributed by atoms with Crippen molar-refractivity contribution in [3.05, 3.63) is 48.2 Å². The van der Waals surface area contributed by atoms with Gasteiger partial charge < -0.3 is 16.2 Å². The van der Waals surface area contributed by atoms with E-state index in [1.165, 1.54) is 6.20 Å². The number of aromatic nitrogens is 1. The number of nitrogens with zero attached hydrogens (tertiary/aromatic N) is 1. The van der Waals surface area contributed by atoms with E-state index in [1.54, 1.807) is 36.4 Å². The van der Waals surface area contributed by atoms with E-state index in [-0.39, 0.29) is 11.4 Å². The first-order valence-corrected chi connectivity index (χ1v) is 4.95. The van der Waals surface area contributed by atoms with E-state index in [4.69, 9.17) is 16.2 Å². The smallest absolute Gasteiger partial charge is 0.254 e. The van der Waals surface area contributed by atoms with Crippen LogP contribution < -0.4 is 16.2 Å². The van der Waals surface area contributed by atoms with Crippen molar-refractivity contribution in [2.75, 3.05) is 5.73 Å². The summed E-state index contributed by atoms with van der Waals surface area (Å²) in [6, 6.07) is 9.95. The average Bonchev–Trinajstić information content (AvgIpc) is 2.32. The Kier molecular flexibility index (Phi) is 2.91. The highest BCUT2D eigenvalue weighted by atomic mass is 16.5. The molecule has 0 aliphatic rings. The van der Waals surface area contributed by atoms with Gasteiger partial charge >= 0.3 is 0 Å². The quantitative estimate of drug-likeness (QED) is 0.781. The molecular weight excluding hydrogens is 218 g/mol. The molecular formula is C12H11N3O2. The average molecular weight is 229 g/mol. The maximum atomic E-state index is 11.1. The van der Waals surface area contributed by atoms with Crippen LogP contribution in [0.25, 0.3) is 0 Å². The van der Waals surface area contributed by atoms with E-state index < -0.39 is 5.91 Å². The van der Waals surface area contributed by atoms with Crippen LogP contribution in [-0.2, 0) is 0 Å². The van der Waals surface area contributed by atoms with E-state index in [0.717, 1.165) is 0 Å². The largest absolute Gasteiger partial charge is 0.438 e. The second kappa shape index (κ2) is 4.52. The second-order valence-corrected chi connectivity index (χ2v) is 3.39. The molecule has 2 aromatic rings. The lowest BCUT2D eigenvalue weighted by Crippen LogP contribution is -2.12. The third-order valence-electron chi connectivity index (χ3n) is 2.13. The van der Waals surface area contributed by atoms with Crippen molar-refractivity contribution < 1.29 is 9.53 Å². The van der Waals surface area contributed by atoms with Crippen molar-refractivity contribution in [3.8, 4) is 11.6 Å². The van der Waals surface area contributed by atoms with Crippen LogP contribution in [0.15, 0.2) is 42.6 Å². The molecule has 0 bridgehead atoms. The molecule has 5 heteroatoms. The Morgan fingerprint density at radius 3 is 2.53 bits per heavy atom. The minimum Gasteiger partial charge on any atom is -0.438 e. The lowest BCUT2D eigenvalue weighted by Gasteiger charge is -2.07. The number of carbonyl (C=O) groups excluding carboxylic acids is 1. The molecule has 0 aliphatic heterocycles. The van der Waals surface area contributed by atoms with Gasteiger partial charge in [-0.2, -0.15) is 0 Å². The molecule has 0 unspecified atom stereocenters. The molecule has 86 valence electrons. The normalized spacial score (nSPS) is 9.88. The summed E-state index contributed by atoms with van der Waals surface area (Å²) in [5, 5.41) is 0. The van der Waals surface area contributed by atoms with Gasteiger partial charge in [0.15, 0.2) is 0 Å². The molecule has 0 saturated carbocycles. The summed E-state index contributed by atoms with van der Waals surface area (Å²) in [4.78, 5) is 15.1. The fraction of sp³-hybridized carbons (Fsp3) is 0. The molecule has 0 atom stereocenters. The number of primary amides is 1. The van der Waals surface area contributed by atoms with Gasteiger partial charge in [-0.3, -0.25) is 4.79 Å². The van der Waals surface area contributed by atoms with Gasteiger partial charge in [-0.05, 0) is 36.4 Å². The van der Waals surface area contributed by atoms with Crippen molar-refractivity contribution in [1.29, 1.82) is 0 Å². The number of hydrogen-bond acceptors (Lipinski definition) is 4. The molecule has 1 amide bonds. The van der Waals surface area contributed by atoms with Gasteiger partial charge in [0.05, 0.1) is 0 Å². The first kappa shape index (κ1) is 10.9. The van der Waals surface area contributed by atoms with Crippen molar-refractivity contribution in [2.24, 2.45) is 5.73 Å². The van der Waals surface area contributed by atoms with Crippen LogP contribution in [0.5, 0.6) is 11.6 Å². The minimum atomic E-state index is -0.580. The third-order valence-corrected chi connectivity index (χ3v) is 2.13. The van der Waals surface area contributed by atoms with Crippen LogP contribution in [0.3, 0.4) is 0 Å². The molecule has 2 rings (SSSR count). The zero-order chi connectivity index (χ0) is 12.3. The molecule has 0 spiro atoms. The second-order valence-electron chi connectivity index (χ2n) is 3.39. The number of nitrogen functional groups attached to an aromatic ring is 1. The Labute approximate surface area is 98.0 Å². The summed E-state index contributed by atoms with van der Waals surface area (Å²) >= 11 is 0. The van der Waals surface area contributed by atoms with Crippen LogP contribution in [0, 0.1) is 0 Å². The highest BCUT2D eigenvalue weighted by molar-refractivity contribution is 5.95. The predicted molar refractivity (Wildman–Crippen MR) is 63.7 cm³/mol. The number of rotatable bonds is 3. The van der Waals surface area contributed by atoms with E-state index in [9.17, 15) is 4.79 Å². The van der Waals surface area contributed by atoms with Crippen molar-refractivity contribution in [2.45, 2.75) is 0 Å². The zero-order valence-corrected chi connectivity index (χ0v) is 8.96. The van der Waals surface area contributed by atoms with Gasteiger partial charge in [-0.15, -0.1) is 0 Å². The number of carbonyl (C=O) groups is 1. The van der Waals surface area contributed by atoms with Crippen LogP contribution >= 0.6 is 0 Å². The summed E-state index contributed by atoms with van der Waals surface area (Å²) < 4.78 is 5.46. The fourth-order valence-corrected chi connectivity index (χ4v) is 1.31. The first-order chi connectivity index (χ1) is 8.16. The number of hydrogen-bond donors (Lipinski definition) is 2. The van der Waals surface area contributed by atoms with Crippen LogP contribution in [0.2, 0.25) is 0 Å². The zero-order valence-electron chi connectivity index (χ0n) is 8.96. The fourth-order valence-electron chi connectivity index (χ4n) is 1.31. The van der Waals surface area contributed by atoms with Gasteiger partial charge in [0, 0.05) is 11.9 Å². The topological polar surface area (TPSA) is 91.2 Å². The van der Waals surface area contributed by atoms with E-state index >= 15 is 0 Å². The summed E-state index contributed by atoms with van der Waals surface area (Å²) in [6.07, 6.45) is 1.53. The van der Waals surface area contributed by atoms with Crippen LogP contribution in [0.4, 0.5) is 5.69 Å². The van der Waals surface area contributed by atoms with E-state index in [2.05, 4.69) is 4.98 Å². The molecule has 5 nitrogen and oxygen atoms in total. The minimum absolute atomic E-state index is 0.185. The van der Waals surface area contributed by atoms with E-state index in [1.807, 2.05) is 0 Å². The molecule has 0 radical (unpaired) electrons. The van der Waals surface area contributed by atoms with Gasteiger partial charge in [0.25, 0.3) is 5.91 Å². The lowest BCUT2D eigenvalue weighted by atomic mass is 10.2. The lowest BCUT2D eigenvalue weighted by molar-refractivity contribution is 0.0997. The number of anilines is 1. The van der Waals surface area contributed by atoms with Crippen LogP contribution in [0.1, 0.15) is 10.4 Å². The Bertz CT molecular complexity index is 538.